The largest absolute Gasteiger partial charge is 1.00 e. The van der Waals surface area contributed by atoms with E-state index in [1.165, 1.54) is 0 Å². The first-order chi connectivity index (χ1) is 4.27. The van der Waals surface area contributed by atoms with Crippen LogP contribution in [-0.2, 0) is 11.1 Å². The van der Waals surface area contributed by atoms with Crippen molar-refractivity contribution in [2.75, 3.05) is 5.75 Å². The van der Waals surface area contributed by atoms with Crippen LogP contribution in [0.2, 0.25) is 0 Å². The Kier molecular flexibility index (Phi) is 13.8. The zero-order valence-corrected chi connectivity index (χ0v) is 9.58. The van der Waals surface area contributed by atoms with E-state index in [2.05, 4.69) is 6.92 Å². The molecule has 0 aliphatic carbocycles. The third kappa shape index (κ3) is 11.9. The molecule has 0 fully saturated rings. The molecule has 0 aliphatic rings. The van der Waals surface area contributed by atoms with Crippen molar-refractivity contribution in [3.63, 3.8) is 0 Å². The van der Waals surface area contributed by atoms with Gasteiger partial charge in [-0.2, -0.15) is 0 Å². The Morgan fingerprint density at radius 3 is 2.30 bits per heavy atom. The van der Waals surface area contributed by atoms with Crippen molar-refractivity contribution in [1.82, 2.24) is 0 Å². The van der Waals surface area contributed by atoms with Crippen LogP contribution in [-0.4, -0.2) is 14.5 Å². The number of rotatable bonds is 5. The SMILES string of the molecule is CCCCCCS(=O)[O-].[Na+]. The van der Waals surface area contributed by atoms with E-state index in [0.717, 1.165) is 25.7 Å². The van der Waals surface area contributed by atoms with E-state index in [-0.39, 0.29) is 29.6 Å². The maximum atomic E-state index is 9.96. The standard InChI is InChI=1S/C6H14O2S.Na/c1-2-3-4-5-6-9(7)8;/h2-6H2,1H3,(H,7,8);/q;+1/p-1. The fourth-order valence-electron chi connectivity index (χ4n) is 0.647. The van der Waals surface area contributed by atoms with Gasteiger partial charge in [-0.1, -0.05) is 37.3 Å². The molecular formula is C6H13NaO2S. The second-order valence-electron chi connectivity index (χ2n) is 2.07. The Bertz CT molecular complexity index is 87.8. The summed E-state index contributed by atoms with van der Waals surface area (Å²) < 4.78 is 19.9. The Hall–Kier alpha value is 1.11. The first-order valence-corrected chi connectivity index (χ1v) is 4.57. The molecule has 0 radical (unpaired) electrons. The summed E-state index contributed by atoms with van der Waals surface area (Å²) >= 11 is -1.82. The van der Waals surface area contributed by atoms with Crippen LogP contribution < -0.4 is 29.6 Å². The molecule has 0 aromatic rings. The smallest absolute Gasteiger partial charge is 0.772 e. The van der Waals surface area contributed by atoms with E-state index < -0.39 is 11.1 Å². The average Bonchev–Trinajstić information content (AvgIpc) is 1.80. The maximum absolute atomic E-state index is 9.96. The molecule has 0 aromatic heterocycles. The summed E-state index contributed by atoms with van der Waals surface area (Å²) in [4.78, 5) is 0. The summed E-state index contributed by atoms with van der Waals surface area (Å²) in [6, 6.07) is 0. The van der Waals surface area contributed by atoms with Gasteiger partial charge in [0.2, 0.25) is 0 Å². The van der Waals surface area contributed by atoms with Crippen molar-refractivity contribution in [1.29, 1.82) is 0 Å². The van der Waals surface area contributed by atoms with Gasteiger partial charge in [0.25, 0.3) is 0 Å². The average molecular weight is 172 g/mol. The minimum absolute atomic E-state index is 0. The predicted octanol–water partition coefficient (Wildman–Crippen LogP) is -1.55. The van der Waals surface area contributed by atoms with Gasteiger partial charge in [-0.05, 0) is 6.42 Å². The minimum atomic E-state index is -1.82. The van der Waals surface area contributed by atoms with Crippen LogP contribution in [0.4, 0.5) is 0 Å². The zero-order valence-electron chi connectivity index (χ0n) is 6.76. The van der Waals surface area contributed by atoms with Gasteiger partial charge in [0.05, 0.1) is 0 Å². The van der Waals surface area contributed by atoms with E-state index in [1.807, 2.05) is 0 Å². The molecule has 0 rings (SSSR count). The molecule has 0 aliphatic heterocycles. The fraction of sp³-hybridized carbons (Fsp3) is 1.00. The number of hydrogen-bond acceptors (Lipinski definition) is 2. The Labute approximate surface area is 87.4 Å². The molecule has 4 heteroatoms. The molecule has 0 saturated heterocycles. The molecule has 0 saturated carbocycles. The van der Waals surface area contributed by atoms with Crippen LogP contribution in [0.25, 0.3) is 0 Å². The molecule has 0 spiro atoms. The molecule has 0 aromatic carbocycles. The summed E-state index contributed by atoms with van der Waals surface area (Å²) in [5.41, 5.74) is 0. The van der Waals surface area contributed by atoms with Crippen molar-refractivity contribution >= 4 is 11.1 Å². The Balaban J connectivity index is 0. The first kappa shape index (κ1) is 13.7. The fourth-order valence-corrected chi connectivity index (χ4v) is 1.09. The van der Waals surface area contributed by atoms with Gasteiger partial charge in [-0.15, -0.1) is 0 Å². The molecule has 0 bridgehead atoms. The van der Waals surface area contributed by atoms with Gasteiger partial charge in [-0.25, -0.2) is 0 Å². The second-order valence-corrected chi connectivity index (χ2v) is 3.08. The van der Waals surface area contributed by atoms with Crippen LogP contribution in [0.1, 0.15) is 32.6 Å². The first-order valence-electron chi connectivity index (χ1n) is 3.33. The van der Waals surface area contributed by atoms with Gasteiger partial charge in [0, 0.05) is 5.75 Å². The monoisotopic (exact) mass is 172 g/mol. The van der Waals surface area contributed by atoms with E-state index in [1.54, 1.807) is 0 Å². The predicted molar refractivity (Wildman–Crippen MR) is 37.9 cm³/mol. The van der Waals surface area contributed by atoms with Gasteiger partial charge >= 0.3 is 29.6 Å². The topological polar surface area (TPSA) is 40.1 Å². The number of hydrogen-bond donors (Lipinski definition) is 0. The van der Waals surface area contributed by atoms with Crippen molar-refractivity contribution in [2.45, 2.75) is 32.6 Å². The molecule has 0 N–H and O–H groups in total. The van der Waals surface area contributed by atoms with Crippen LogP contribution >= 0.6 is 0 Å². The molecule has 0 amide bonds. The molecular weight excluding hydrogens is 159 g/mol. The molecule has 1 atom stereocenters. The number of unbranched alkanes of at least 4 members (excludes halogenated alkanes) is 3. The van der Waals surface area contributed by atoms with Gasteiger partial charge in [0.1, 0.15) is 0 Å². The summed E-state index contributed by atoms with van der Waals surface area (Å²) in [6.07, 6.45) is 4.18. The molecule has 0 heterocycles. The summed E-state index contributed by atoms with van der Waals surface area (Å²) in [5.74, 6) is 0.333. The van der Waals surface area contributed by atoms with Gasteiger partial charge < -0.3 is 4.55 Å². The van der Waals surface area contributed by atoms with Crippen LogP contribution in [0, 0.1) is 0 Å². The van der Waals surface area contributed by atoms with Crippen molar-refractivity contribution in [3.8, 4) is 0 Å². The van der Waals surface area contributed by atoms with Crippen molar-refractivity contribution in [3.05, 3.63) is 0 Å². The van der Waals surface area contributed by atoms with E-state index in [0.29, 0.717) is 5.75 Å². The normalized spacial score (nSPS) is 12.2. The quantitative estimate of drug-likeness (QED) is 0.286. The third-order valence-corrected chi connectivity index (χ3v) is 1.79. The van der Waals surface area contributed by atoms with Gasteiger partial charge in [-0.3, -0.25) is 4.21 Å². The molecule has 10 heavy (non-hydrogen) atoms. The third-order valence-electron chi connectivity index (χ3n) is 1.16. The maximum Gasteiger partial charge on any atom is 1.00 e. The summed E-state index contributed by atoms with van der Waals surface area (Å²) in [6.45, 7) is 2.11. The second kappa shape index (κ2) is 10.1. The Morgan fingerprint density at radius 1 is 1.30 bits per heavy atom. The molecule has 56 valence electrons. The van der Waals surface area contributed by atoms with Crippen molar-refractivity contribution < 1.29 is 38.3 Å². The summed E-state index contributed by atoms with van der Waals surface area (Å²) in [5, 5.41) is 0. The van der Waals surface area contributed by atoms with E-state index in [9.17, 15) is 8.76 Å². The van der Waals surface area contributed by atoms with Crippen molar-refractivity contribution in [2.24, 2.45) is 0 Å². The molecule has 1 unspecified atom stereocenters. The van der Waals surface area contributed by atoms with Gasteiger partial charge in [0.15, 0.2) is 0 Å². The summed E-state index contributed by atoms with van der Waals surface area (Å²) in [7, 11) is 0. The van der Waals surface area contributed by atoms with Crippen LogP contribution in [0.3, 0.4) is 0 Å². The molecule has 2 nitrogen and oxygen atoms in total. The van der Waals surface area contributed by atoms with E-state index >= 15 is 0 Å². The van der Waals surface area contributed by atoms with E-state index in [4.69, 9.17) is 0 Å². The minimum Gasteiger partial charge on any atom is -0.772 e. The Morgan fingerprint density at radius 2 is 1.90 bits per heavy atom. The zero-order chi connectivity index (χ0) is 7.11. The van der Waals surface area contributed by atoms with Crippen LogP contribution in [0.5, 0.6) is 0 Å². The van der Waals surface area contributed by atoms with Crippen LogP contribution in [0.15, 0.2) is 0 Å².